The van der Waals surface area contributed by atoms with Gasteiger partial charge in [0.15, 0.2) is 11.6 Å². The Balaban J connectivity index is 0.000000540. The lowest BCUT2D eigenvalue weighted by Gasteiger charge is -2.34. The van der Waals surface area contributed by atoms with Crippen molar-refractivity contribution in [3.05, 3.63) is 58.9 Å². The van der Waals surface area contributed by atoms with Crippen molar-refractivity contribution in [1.82, 2.24) is 0 Å². The smallest absolute Gasteiger partial charge is 0.475 e. The number of carboxylic acids is 1. The van der Waals surface area contributed by atoms with Crippen molar-refractivity contribution in [2.45, 2.75) is 58.5 Å². The van der Waals surface area contributed by atoms with Crippen LogP contribution in [0.25, 0.3) is 11.1 Å². The number of aliphatic carboxylic acids is 1. The van der Waals surface area contributed by atoms with E-state index in [1.54, 1.807) is 0 Å². The van der Waals surface area contributed by atoms with Gasteiger partial charge in [0.2, 0.25) is 0 Å². The summed E-state index contributed by atoms with van der Waals surface area (Å²) in [6.45, 7) is 4.53. The molecule has 2 aromatic rings. The Morgan fingerprint density at radius 3 is 2.03 bits per heavy atom. The number of primary amides is 1. The molecule has 0 aliphatic heterocycles. The number of rotatable bonds is 5. The number of halogens is 6. The summed E-state index contributed by atoms with van der Waals surface area (Å²) in [5.41, 5.74) is 5.09. The minimum atomic E-state index is -5.08. The van der Waals surface area contributed by atoms with E-state index in [9.17, 15) is 31.1 Å². The fourth-order valence-corrected chi connectivity index (χ4v) is 4.03. The van der Waals surface area contributed by atoms with Crippen molar-refractivity contribution in [2.75, 3.05) is 0 Å². The average molecular weight is 503 g/mol. The summed E-state index contributed by atoms with van der Waals surface area (Å²) in [6, 6.07) is 6.81. The number of carbonyl (C=O) groups excluding carboxylic acids is 1. The van der Waals surface area contributed by atoms with Crippen LogP contribution in [0, 0.1) is 28.8 Å². The second-order valence-electron chi connectivity index (χ2n) is 9.38. The Morgan fingerprint density at radius 2 is 1.51 bits per heavy atom. The van der Waals surface area contributed by atoms with Crippen LogP contribution in [-0.4, -0.2) is 23.2 Å². The molecule has 0 unspecified atom stereocenters. The molecule has 35 heavy (non-hydrogen) atoms. The summed E-state index contributed by atoms with van der Waals surface area (Å²) >= 11 is 0. The summed E-state index contributed by atoms with van der Waals surface area (Å²) < 4.78 is 75.5. The molecular weight excluding hydrogens is 476 g/mol. The Kier molecular flexibility index (Phi) is 8.97. The molecule has 3 rings (SSSR count). The molecule has 0 radical (unpaired) electrons. The van der Waals surface area contributed by atoms with E-state index in [1.807, 2.05) is 0 Å². The maximum atomic E-state index is 14.7. The van der Waals surface area contributed by atoms with Crippen molar-refractivity contribution in [3.8, 4) is 11.1 Å². The molecule has 0 bridgehead atoms. The molecule has 1 amide bonds. The molecule has 4 nitrogen and oxygen atoms in total. The van der Waals surface area contributed by atoms with Gasteiger partial charge in [-0.3, -0.25) is 4.79 Å². The van der Waals surface area contributed by atoms with Gasteiger partial charge in [0.25, 0.3) is 5.91 Å². The molecular formula is C25H27F6NO3. The molecule has 192 valence electrons. The third-order valence-electron chi connectivity index (χ3n) is 6.24. The van der Waals surface area contributed by atoms with Gasteiger partial charge in [-0.1, -0.05) is 38.1 Å². The largest absolute Gasteiger partial charge is 0.490 e. The summed E-state index contributed by atoms with van der Waals surface area (Å²) in [4.78, 5) is 20.2. The molecule has 1 saturated carbocycles. The zero-order chi connectivity index (χ0) is 26.6. The SMILES string of the molecule is CC1(C)CCC(CCc2ccc(-c3cccc(C(N)=O)c3F)c(F)c2F)CC1.O=C(O)C(F)(F)F. The standard InChI is InChI=1S/C23H26F3NO.C2HF3O2/c1-23(2)12-10-14(11-13-23)6-7-15-8-9-17(21(26)19(15)24)16-4-3-5-18(20(16)25)22(27)28;3-2(4,5)1(6)7/h3-5,8-9,14H,6-7,10-13H2,1-2H3,(H2,27,28);(H,6,7). The lowest BCUT2D eigenvalue weighted by Crippen LogP contribution is -2.21. The third-order valence-corrected chi connectivity index (χ3v) is 6.24. The zero-order valence-corrected chi connectivity index (χ0v) is 19.3. The third kappa shape index (κ3) is 7.47. The van der Waals surface area contributed by atoms with Gasteiger partial charge >= 0.3 is 12.1 Å². The first-order valence-corrected chi connectivity index (χ1v) is 11.0. The minimum absolute atomic E-state index is 0.172. The molecule has 10 heteroatoms. The highest BCUT2D eigenvalue weighted by atomic mass is 19.4. The van der Waals surface area contributed by atoms with Crippen molar-refractivity contribution >= 4 is 11.9 Å². The highest BCUT2D eigenvalue weighted by Gasteiger charge is 2.38. The first kappa shape index (κ1) is 28.2. The molecule has 0 aromatic heterocycles. The van der Waals surface area contributed by atoms with Crippen LogP contribution in [0.5, 0.6) is 0 Å². The molecule has 1 aliphatic carbocycles. The topological polar surface area (TPSA) is 80.4 Å². The van der Waals surface area contributed by atoms with E-state index < -0.39 is 35.5 Å². The maximum Gasteiger partial charge on any atom is 0.490 e. The zero-order valence-electron chi connectivity index (χ0n) is 19.3. The van der Waals surface area contributed by atoms with Gasteiger partial charge in [0.1, 0.15) is 5.82 Å². The van der Waals surface area contributed by atoms with Crippen molar-refractivity contribution in [2.24, 2.45) is 17.1 Å². The van der Waals surface area contributed by atoms with Crippen molar-refractivity contribution in [3.63, 3.8) is 0 Å². The maximum absolute atomic E-state index is 14.7. The summed E-state index contributed by atoms with van der Waals surface area (Å²) in [5, 5.41) is 7.12. The molecule has 1 aliphatic rings. The van der Waals surface area contributed by atoms with Crippen molar-refractivity contribution < 1.29 is 41.0 Å². The van der Waals surface area contributed by atoms with Gasteiger partial charge in [-0.2, -0.15) is 13.2 Å². The van der Waals surface area contributed by atoms with E-state index in [4.69, 9.17) is 15.6 Å². The van der Waals surface area contributed by atoms with Crippen LogP contribution < -0.4 is 5.73 Å². The molecule has 0 heterocycles. The van der Waals surface area contributed by atoms with Gasteiger partial charge in [-0.25, -0.2) is 18.0 Å². The average Bonchev–Trinajstić information content (AvgIpc) is 2.76. The fourth-order valence-electron chi connectivity index (χ4n) is 4.03. The second-order valence-corrected chi connectivity index (χ2v) is 9.38. The predicted octanol–water partition coefficient (Wildman–Crippen LogP) is 6.65. The Hall–Kier alpha value is -3.04. The number of aryl methyl sites for hydroxylation is 1. The van der Waals surface area contributed by atoms with E-state index >= 15 is 0 Å². The van der Waals surface area contributed by atoms with E-state index in [1.165, 1.54) is 30.3 Å². The molecule has 1 fully saturated rings. The number of hydrogen-bond donors (Lipinski definition) is 2. The second kappa shape index (κ2) is 11.1. The van der Waals surface area contributed by atoms with Gasteiger partial charge in [-0.05, 0) is 61.5 Å². The van der Waals surface area contributed by atoms with Crippen molar-refractivity contribution in [1.29, 1.82) is 0 Å². The summed E-state index contributed by atoms with van der Waals surface area (Å²) in [6.07, 6.45) is 0.724. The number of benzene rings is 2. The predicted molar refractivity (Wildman–Crippen MR) is 118 cm³/mol. The van der Waals surface area contributed by atoms with Crippen LogP contribution in [0.2, 0.25) is 0 Å². The molecule has 0 saturated heterocycles. The molecule has 0 atom stereocenters. The quantitative estimate of drug-likeness (QED) is 0.448. The minimum Gasteiger partial charge on any atom is -0.475 e. The van der Waals surface area contributed by atoms with Crippen LogP contribution in [0.4, 0.5) is 26.3 Å². The van der Waals surface area contributed by atoms with Gasteiger partial charge in [-0.15, -0.1) is 0 Å². The number of nitrogens with two attached hydrogens (primary N) is 1. The number of carboxylic acid groups (broad SMARTS) is 1. The number of alkyl halides is 3. The number of amides is 1. The van der Waals surface area contributed by atoms with Crippen LogP contribution in [0.15, 0.2) is 30.3 Å². The monoisotopic (exact) mass is 503 g/mol. The highest BCUT2D eigenvalue weighted by molar-refractivity contribution is 5.94. The lowest BCUT2D eigenvalue weighted by molar-refractivity contribution is -0.192. The van der Waals surface area contributed by atoms with E-state index in [2.05, 4.69) is 13.8 Å². The Morgan fingerprint density at radius 1 is 0.971 bits per heavy atom. The van der Waals surface area contributed by atoms with Gasteiger partial charge in [0.05, 0.1) is 5.56 Å². The highest BCUT2D eigenvalue weighted by Crippen LogP contribution is 2.40. The van der Waals surface area contributed by atoms with Crippen LogP contribution >= 0.6 is 0 Å². The van der Waals surface area contributed by atoms with Crippen LogP contribution in [0.3, 0.4) is 0 Å². The molecule has 2 aromatic carbocycles. The Bertz CT molecular complexity index is 1070. The summed E-state index contributed by atoms with van der Waals surface area (Å²) in [5.74, 6) is -6.16. The molecule has 0 spiro atoms. The molecule has 3 N–H and O–H groups in total. The van der Waals surface area contributed by atoms with E-state index in [0.29, 0.717) is 23.3 Å². The Labute approximate surface area is 199 Å². The van der Waals surface area contributed by atoms with Gasteiger partial charge < -0.3 is 10.8 Å². The fraction of sp³-hybridized carbons (Fsp3) is 0.440. The number of hydrogen-bond acceptors (Lipinski definition) is 2. The first-order chi connectivity index (χ1) is 16.1. The first-order valence-electron chi connectivity index (χ1n) is 11.0. The van der Waals surface area contributed by atoms with Crippen LogP contribution in [0.1, 0.15) is 61.9 Å². The lowest BCUT2D eigenvalue weighted by atomic mass is 9.72. The normalized spacial score (nSPS) is 15.8. The van der Waals surface area contributed by atoms with Gasteiger partial charge in [0, 0.05) is 11.1 Å². The van der Waals surface area contributed by atoms with Crippen LogP contribution in [-0.2, 0) is 11.2 Å². The number of carbonyl (C=O) groups is 2. The van der Waals surface area contributed by atoms with E-state index in [0.717, 1.165) is 32.1 Å². The van der Waals surface area contributed by atoms with E-state index in [-0.39, 0.29) is 16.7 Å². The summed E-state index contributed by atoms with van der Waals surface area (Å²) in [7, 11) is 0.